The lowest BCUT2D eigenvalue weighted by Gasteiger charge is -2.13. The van der Waals surface area contributed by atoms with E-state index in [1.54, 1.807) is 18.3 Å². The van der Waals surface area contributed by atoms with E-state index in [1.807, 2.05) is 54.9 Å². The maximum atomic E-state index is 12.6. The maximum absolute atomic E-state index is 12.6. The summed E-state index contributed by atoms with van der Waals surface area (Å²) < 4.78 is 1.83. The molecular weight excluding hydrogens is 310 g/mol. The number of anilines is 1. The number of benzene rings is 1. The Morgan fingerprint density at radius 1 is 1.13 bits per heavy atom. The highest BCUT2D eigenvalue weighted by Crippen LogP contribution is 2.24. The summed E-state index contributed by atoms with van der Waals surface area (Å²) in [5, 5.41) is 3.54. The molecule has 4 nitrogen and oxygen atoms in total. The van der Waals surface area contributed by atoms with Crippen LogP contribution in [0.2, 0.25) is 5.02 Å². The van der Waals surface area contributed by atoms with Gasteiger partial charge in [-0.25, -0.2) is 0 Å². The molecule has 0 saturated heterocycles. The molecule has 0 aliphatic heterocycles. The zero-order chi connectivity index (χ0) is 16.4. The number of halogens is 1. The largest absolute Gasteiger partial charge is 0.320 e. The maximum Gasteiger partial charge on any atom is 0.272 e. The minimum Gasteiger partial charge on any atom is -0.320 e. The molecule has 1 amide bonds. The number of amides is 1. The number of aromatic nitrogens is 2. The average Bonchev–Trinajstić information content (AvgIpc) is 3.02. The molecule has 116 valence electrons. The fraction of sp³-hybridized carbons (Fsp3) is 0.111. The van der Waals surface area contributed by atoms with Crippen LogP contribution in [0.4, 0.5) is 5.69 Å². The molecule has 2 heterocycles. The minimum absolute atomic E-state index is 0.191. The van der Waals surface area contributed by atoms with Gasteiger partial charge >= 0.3 is 0 Å². The van der Waals surface area contributed by atoms with E-state index < -0.39 is 0 Å². The molecule has 0 radical (unpaired) electrons. The van der Waals surface area contributed by atoms with Gasteiger partial charge in [-0.15, -0.1) is 0 Å². The second-order valence-electron chi connectivity index (χ2n) is 5.24. The Morgan fingerprint density at radius 2 is 1.96 bits per heavy atom. The smallest absolute Gasteiger partial charge is 0.272 e. The lowest BCUT2D eigenvalue weighted by molar-refractivity contribution is 0.102. The number of rotatable bonds is 3. The molecule has 0 spiro atoms. The molecule has 0 atom stereocenters. The minimum atomic E-state index is -0.191. The van der Waals surface area contributed by atoms with Crippen molar-refractivity contribution in [2.24, 2.45) is 0 Å². The molecule has 1 aromatic carbocycles. The number of nitrogens with one attached hydrogen (secondary N) is 1. The van der Waals surface area contributed by atoms with Crippen LogP contribution in [-0.4, -0.2) is 15.5 Å². The quantitative estimate of drug-likeness (QED) is 0.776. The Bertz CT molecular complexity index is 870. The molecule has 5 heteroatoms. The second kappa shape index (κ2) is 6.26. The Balaban J connectivity index is 1.95. The summed E-state index contributed by atoms with van der Waals surface area (Å²) in [4.78, 5) is 16.9. The molecule has 23 heavy (non-hydrogen) atoms. The van der Waals surface area contributed by atoms with Crippen molar-refractivity contribution in [3.8, 4) is 5.69 Å². The Kier molecular flexibility index (Phi) is 4.17. The molecule has 2 aromatic heterocycles. The number of pyridine rings is 1. The molecule has 1 N–H and O–H groups in total. The molecule has 0 bridgehead atoms. The summed E-state index contributed by atoms with van der Waals surface area (Å²) in [5.74, 6) is -0.191. The van der Waals surface area contributed by atoms with Crippen molar-refractivity contribution in [3.05, 3.63) is 76.8 Å². The first-order valence-electron chi connectivity index (χ1n) is 7.24. The van der Waals surface area contributed by atoms with Gasteiger partial charge in [0.15, 0.2) is 0 Å². The van der Waals surface area contributed by atoms with Gasteiger partial charge < -0.3 is 9.88 Å². The Morgan fingerprint density at radius 3 is 2.74 bits per heavy atom. The van der Waals surface area contributed by atoms with E-state index in [0.717, 1.165) is 16.9 Å². The SMILES string of the molecule is Cc1ncccc1-n1cccc1C(=O)Nc1cccc(Cl)c1C. The number of carbonyl (C=O) groups excluding carboxylic acids is 1. The van der Waals surface area contributed by atoms with Crippen LogP contribution in [0.5, 0.6) is 0 Å². The second-order valence-corrected chi connectivity index (χ2v) is 5.65. The summed E-state index contributed by atoms with van der Waals surface area (Å²) in [5.41, 5.74) is 3.83. The van der Waals surface area contributed by atoms with Gasteiger partial charge in [-0.2, -0.15) is 0 Å². The third-order valence-electron chi connectivity index (χ3n) is 3.74. The van der Waals surface area contributed by atoms with E-state index in [1.165, 1.54) is 0 Å². The number of hydrogen-bond acceptors (Lipinski definition) is 2. The monoisotopic (exact) mass is 325 g/mol. The Hall–Kier alpha value is -2.59. The molecule has 0 saturated carbocycles. The zero-order valence-corrected chi connectivity index (χ0v) is 13.6. The summed E-state index contributed by atoms with van der Waals surface area (Å²) in [7, 11) is 0. The van der Waals surface area contributed by atoms with E-state index >= 15 is 0 Å². The van der Waals surface area contributed by atoms with E-state index in [2.05, 4.69) is 10.3 Å². The highest BCUT2D eigenvalue weighted by atomic mass is 35.5. The van der Waals surface area contributed by atoms with Gasteiger partial charge in [-0.05, 0) is 55.8 Å². The van der Waals surface area contributed by atoms with Gasteiger partial charge in [0, 0.05) is 23.1 Å². The molecule has 0 fully saturated rings. The number of aryl methyl sites for hydroxylation is 1. The molecule has 0 unspecified atom stereocenters. The van der Waals surface area contributed by atoms with Crippen molar-refractivity contribution in [1.82, 2.24) is 9.55 Å². The molecule has 0 aliphatic carbocycles. The first-order valence-corrected chi connectivity index (χ1v) is 7.61. The van der Waals surface area contributed by atoms with E-state index in [4.69, 9.17) is 11.6 Å². The van der Waals surface area contributed by atoms with Gasteiger partial charge in [0.1, 0.15) is 5.69 Å². The first kappa shape index (κ1) is 15.3. The molecule has 0 aliphatic rings. The van der Waals surface area contributed by atoms with Crippen LogP contribution in [0.1, 0.15) is 21.7 Å². The van der Waals surface area contributed by atoms with Crippen LogP contribution in [-0.2, 0) is 0 Å². The zero-order valence-electron chi connectivity index (χ0n) is 12.9. The summed E-state index contributed by atoms with van der Waals surface area (Å²) in [6.07, 6.45) is 3.58. The van der Waals surface area contributed by atoms with Crippen molar-refractivity contribution >= 4 is 23.2 Å². The Labute approximate surface area is 139 Å². The van der Waals surface area contributed by atoms with Gasteiger partial charge in [-0.3, -0.25) is 9.78 Å². The summed E-state index contributed by atoms with van der Waals surface area (Å²) >= 11 is 6.11. The molecule has 3 aromatic rings. The van der Waals surface area contributed by atoms with Crippen molar-refractivity contribution < 1.29 is 4.79 Å². The van der Waals surface area contributed by atoms with Crippen molar-refractivity contribution in [3.63, 3.8) is 0 Å². The topological polar surface area (TPSA) is 46.9 Å². The normalized spacial score (nSPS) is 10.6. The lowest BCUT2D eigenvalue weighted by atomic mass is 10.2. The summed E-state index contributed by atoms with van der Waals surface area (Å²) in [6.45, 7) is 3.79. The van der Waals surface area contributed by atoms with Gasteiger partial charge in [0.2, 0.25) is 0 Å². The van der Waals surface area contributed by atoms with Gasteiger partial charge in [0.25, 0.3) is 5.91 Å². The first-order chi connectivity index (χ1) is 11.1. The number of carbonyl (C=O) groups is 1. The number of hydrogen-bond donors (Lipinski definition) is 1. The van der Waals surface area contributed by atoms with Crippen molar-refractivity contribution in [2.45, 2.75) is 13.8 Å². The lowest BCUT2D eigenvalue weighted by Crippen LogP contribution is -2.17. The summed E-state index contributed by atoms with van der Waals surface area (Å²) in [6, 6.07) is 12.9. The highest BCUT2D eigenvalue weighted by Gasteiger charge is 2.15. The van der Waals surface area contributed by atoms with Crippen LogP contribution in [0.25, 0.3) is 5.69 Å². The van der Waals surface area contributed by atoms with Crippen LogP contribution in [0.3, 0.4) is 0 Å². The fourth-order valence-electron chi connectivity index (χ4n) is 2.44. The van der Waals surface area contributed by atoms with Crippen LogP contribution < -0.4 is 5.32 Å². The number of nitrogens with zero attached hydrogens (tertiary/aromatic N) is 2. The third kappa shape index (κ3) is 2.98. The van der Waals surface area contributed by atoms with Gasteiger partial charge in [-0.1, -0.05) is 17.7 Å². The standard InChI is InChI=1S/C18H16ClN3O/c1-12-14(19)6-3-7-15(12)21-18(23)17-9-5-11-22(17)16-8-4-10-20-13(16)2/h3-11H,1-2H3,(H,21,23). The van der Waals surface area contributed by atoms with E-state index in [0.29, 0.717) is 16.4 Å². The average molecular weight is 326 g/mol. The van der Waals surface area contributed by atoms with Crippen LogP contribution >= 0.6 is 11.6 Å². The van der Waals surface area contributed by atoms with Crippen LogP contribution in [0.15, 0.2) is 54.9 Å². The van der Waals surface area contributed by atoms with Crippen LogP contribution in [0, 0.1) is 13.8 Å². The fourth-order valence-corrected chi connectivity index (χ4v) is 2.61. The van der Waals surface area contributed by atoms with E-state index in [-0.39, 0.29) is 5.91 Å². The molecular formula is C18H16ClN3O. The predicted octanol–water partition coefficient (Wildman–Crippen LogP) is 4.39. The highest BCUT2D eigenvalue weighted by molar-refractivity contribution is 6.31. The predicted molar refractivity (Wildman–Crippen MR) is 92.4 cm³/mol. The van der Waals surface area contributed by atoms with Gasteiger partial charge in [0.05, 0.1) is 11.4 Å². The van der Waals surface area contributed by atoms with Crippen molar-refractivity contribution in [1.29, 1.82) is 0 Å². The molecule has 3 rings (SSSR count). The van der Waals surface area contributed by atoms with E-state index in [9.17, 15) is 4.79 Å². The third-order valence-corrected chi connectivity index (χ3v) is 4.15. The van der Waals surface area contributed by atoms with Crippen molar-refractivity contribution in [2.75, 3.05) is 5.32 Å².